The highest BCUT2D eigenvalue weighted by Crippen LogP contribution is 2.29. The van der Waals surface area contributed by atoms with Gasteiger partial charge in [0, 0.05) is 29.2 Å². The van der Waals surface area contributed by atoms with Crippen molar-refractivity contribution in [2.24, 2.45) is 0 Å². The molecule has 2 heterocycles. The van der Waals surface area contributed by atoms with E-state index < -0.39 is 0 Å². The highest BCUT2D eigenvalue weighted by Gasteiger charge is 2.29. The number of ether oxygens (including phenoxy) is 1. The highest BCUT2D eigenvalue weighted by molar-refractivity contribution is 6.30. The Balaban J connectivity index is 1.50. The summed E-state index contributed by atoms with van der Waals surface area (Å²) < 4.78 is 10.7. The first-order chi connectivity index (χ1) is 13.6. The van der Waals surface area contributed by atoms with Crippen molar-refractivity contribution in [3.63, 3.8) is 0 Å². The van der Waals surface area contributed by atoms with E-state index in [4.69, 9.17) is 20.9 Å². The van der Waals surface area contributed by atoms with Crippen molar-refractivity contribution in [1.29, 1.82) is 0 Å². The van der Waals surface area contributed by atoms with E-state index in [0.717, 1.165) is 18.4 Å². The van der Waals surface area contributed by atoms with Gasteiger partial charge in [0.1, 0.15) is 5.75 Å². The third-order valence-corrected chi connectivity index (χ3v) is 5.13. The van der Waals surface area contributed by atoms with Crippen LogP contribution in [-0.4, -0.2) is 41.1 Å². The molecule has 2 aromatic carbocycles. The van der Waals surface area contributed by atoms with Gasteiger partial charge in [-0.1, -0.05) is 35.0 Å². The van der Waals surface area contributed by atoms with E-state index in [9.17, 15) is 4.79 Å². The summed E-state index contributed by atoms with van der Waals surface area (Å²) in [7, 11) is 1.59. The van der Waals surface area contributed by atoms with Crippen molar-refractivity contribution >= 4 is 17.5 Å². The molecule has 0 radical (unpaired) electrons. The number of methoxy groups -OCH3 is 1. The monoisotopic (exact) mass is 397 g/mol. The summed E-state index contributed by atoms with van der Waals surface area (Å²) in [6.07, 6.45) is 1.79. The number of halogens is 1. The van der Waals surface area contributed by atoms with E-state index in [2.05, 4.69) is 10.1 Å². The van der Waals surface area contributed by atoms with Gasteiger partial charge in [-0.05, 0) is 43.2 Å². The average molecular weight is 398 g/mol. The van der Waals surface area contributed by atoms with Crippen LogP contribution < -0.4 is 4.74 Å². The molecule has 6 nitrogen and oxygen atoms in total. The van der Waals surface area contributed by atoms with E-state index in [0.29, 0.717) is 41.1 Å². The molecule has 28 heavy (non-hydrogen) atoms. The minimum Gasteiger partial charge on any atom is -0.497 e. The van der Waals surface area contributed by atoms with Gasteiger partial charge in [-0.25, -0.2) is 0 Å². The summed E-state index contributed by atoms with van der Waals surface area (Å²) in [5.41, 5.74) is 1.42. The molecule has 0 unspecified atom stereocenters. The third-order valence-electron chi connectivity index (χ3n) is 4.90. The number of benzene rings is 2. The summed E-state index contributed by atoms with van der Waals surface area (Å²) in [5, 5.41) is 4.71. The van der Waals surface area contributed by atoms with Crippen LogP contribution in [0.1, 0.15) is 35.0 Å². The molecule has 1 saturated heterocycles. The Morgan fingerprint density at radius 1 is 1.25 bits per heavy atom. The summed E-state index contributed by atoms with van der Waals surface area (Å²) in [4.78, 5) is 19.3. The van der Waals surface area contributed by atoms with Crippen LogP contribution in [0.5, 0.6) is 5.75 Å². The first kappa shape index (κ1) is 18.5. The lowest BCUT2D eigenvalue weighted by Crippen LogP contribution is -2.39. The van der Waals surface area contributed by atoms with Crippen molar-refractivity contribution < 1.29 is 14.1 Å². The average Bonchev–Trinajstić information content (AvgIpc) is 3.24. The Morgan fingerprint density at radius 2 is 2.11 bits per heavy atom. The number of likely N-dealkylation sites (tertiary alicyclic amines) is 1. The first-order valence-corrected chi connectivity index (χ1v) is 9.54. The fraction of sp³-hybridized carbons (Fsp3) is 0.286. The lowest BCUT2D eigenvalue weighted by atomic mass is 9.97. The lowest BCUT2D eigenvalue weighted by molar-refractivity contribution is 0.0695. The largest absolute Gasteiger partial charge is 0.497 e. The van der Waals surface area contributed by atoms with Crippen LogP contribution in [0.4, 0.5) is 0 Å². The van der Waals surface area contributed by atoms with Gasteiger partial charge in [-0.3, -0.25) is 4.79 Å². The van der Waals surface area contributed by atoms with Crippen LogP contribution in [0.15, 0.2) is 53.1 Å². The van der Waals surface area contributed by atoms with Crippen molar-refractivity contribution in [3.8, 4) is 17.1 Å². The second kappa shape index (κ2) is 8.02. The summed E-state index contributed by atoms with van der Waals surface area (Å²) >= 11 is 6.04. The minimum absolute atomic E-state index is 0.0156. The van der Waals surface area contributed by atoms with Crippen LogP contribution in [0.25, 0.3) is 11.4 Å². The zero-order chi connectivity index (χ0) is 19.5. The van der Waals surface area contributed by atoms with Gasteiger partial charge in [-0.2, -0.15) is 4.98 Å². The van der Waals surface area contributed by atoms with Crippen molar-refractivity contribution in [1.82, 2.24) is 15.0 Å². The van der Waals surface area contributed by atoms with Crippen LogP contribution in [0.3, 0.4) is 0 Å². The Hall–Kier alpha value is -2.86. The molecular formula is C21H20ClN3O3. The molecule has 1 fully saturated rings. The highest BCUT2D eigenvalue weighted by atomic mass is 35.5. The van der Waals surface area contributed by atoms with E-state index in [1.165, 1.54) is 0 Å². The molecule has 1 aromatic heterocycles. The molecule has 0 N–H and O–H groups in total. The van der Waals surface area contributed by atoms with Gasteiger partial charge in [0.15, 0.2) is 0 Å². The smallest absolute Gasteiger partial charge is 0.254 e. The normalized spacial score (nSPS) is 16.8. The summed E-state index contributed by atoms with van der Waals surface area (Å²) in [6.45, 7) is 1.26. The zero-order valence-electron chi connectivity index (χ0n) is 15.5. The van der Waals surface area contributed by atoms with Crippen LogP contribution in [0, 0.1) is 0 Å². The van der Waals surface area contributed by atoms with Crippen molar-refractivity contribution in [2.75, 3.05) is 20.2 Å². The fourth-order valence-electron chi connectivity index (χ4n) is 3.45. The second-order valence-corrected chi connectivity index (χ2v) is 7.23. The number of aromatic nitrogens is 2. The van der Waals surface area contributed by atoms with E-state index in [-0.39, 0.29) is 11.8 Å². The molecule has 0 spiro atoms. The molecular weight excluding hydrogens is 378 g/mol. The number of hydrogen-bond acceptors (Lipinski definition) is 5. The molecule has 0 saturated carbocycles. The Morgan fingerprint density at radius 3 is 2.93 bits per heavy atom. The third kappa shape index (κ3) is 3.87. The molecule has 7 heteroatoms. The Labute approximate surface area is 168 Å². The van der Waals surface area contributed by atoms with Gasteiger partial charge in [0.05, 0.1) is 13.0 Å². The van der Waals surface area contributed by atoms with E-state index in [1.54, 1.807) is 31.4 Å². The predicted molar refractivity (Wildman–Crippen MR) is 106 cm³/mol. The molecule has 4 rings (SSSR count). The van der Waals surface area contributed by atoms with E-state index in [1.807, 2.05) is 29.2 Å². The van der Waals surface area contributed by atoms with Crippen molar-refractivity contribution in [2.45, 2.75) is 18.8 Å². The number of rotatable bonds is 4. The maximum absolute atomic E-state index is 12.9. The van der Waals surface area contributed by atoms with Crippen LogP contribution >= 0.6 is 11.6 Å². The first-order valence-electron chi connectivity index (χ1n) is 9.17. The quantitative estimate of drug-likeness (QED) is 0.651. The molecule has 0 bridgehead atoms. The molecule has 1 atom stereocenters. The van der Waals surface area contributed by atoms with Gasteiger partial charge in [0.25, 0.3) is 5.91 Å². The standard InChI is InChI=1S/C21H20ClN3O3/c1-27-18-9-3-6-15(12-18)21(26)25-10-4-7-16(13-25)20-23-19(24-28-20)14-5-2-8-17(22)11-14/h2-3,5-6,8-9,11-12,16H,4,7,10,13H2,1H3/t16-/m1/s1. The fourth-order valence-corrected chi connectivity index (χ4v) is 3.64. The number of carbonyl (C=O) groups excluding carboxylic acids is 1. The minimum atomic E-state index is -0.0156. The molecule has 144 valence electrons. The topological polar surface area (TPSA) is 68.5 Å². The lowest BCUT2D eigenvalue weighted by Gasteiger charge is -2.31. The zero-order valence-corrected chi connectivity index (χ0v) is 16.2. The molecule has 1 aliphatic heterocycles. The van der Waals surface area contributed by atoms with Crippen molar-refractivity contribution in [3.05, 3.63) is 65.0 Å². The maximum atomic E-state index is 12.9. The SMILES string of the molecule is COc1cccc(C(=O)N2CCC[C@@H](c3nc(-c4cccc(Cl)c4)no3)C2)c1. The molecule has 0 aliphatic carbocycles. The number of hydrogen-bond donors (Lipinski definition) is 0. The van der Waals surface area contributed by atoms with Crippen LogP contribution in [-0.2, 0) is 0 Å². The van der Waals surface area contributed by atoms with Crippen LogP contribution in [0.2, 0.25) is 5.02 Å². The second-order valence-electron chi connectivity index (χ2n) is 6.79. The van der Waals surface area contributed by atoms with Gasteiger partial charge >= 0.3 is 0 Å². The Kier molecular flexibility index (Phi) is 5.30. The molecule has 1 aliphatic rings. The Bertz CT molecular complexity index is 988. The summed E-state index contributed by atoms with van der Waals surface area (Å²) in [6, 6.07) is 14.6. The van der Waals surface area contributed by atoms with Gasteiger partial charge in [-0.15, -0.1) is 0 Å². The number of carbonyl (C=O) groups is 1. The number of amides is 1. The number of nitrogens with zero attached hydrogens (tertiary/aromatic N) is 3. The number of piperidine rings is 1. The summed E-state index contributed by atoms with van der Waals surface area (Å²) in [5.74, 6) is 1.73. The maximum Gasteiger partial charge on any atom is 0.254 e. The predicted octanol–water partition coefficient (Wildman–Crippen LogP) is 4.42. The molecule has 3 aromatic rings. The van der Waals surface area contributed by atoms with Gasteiger partial charge < -0.3 is 14.2 Å². The molecule has 1 amide bonds. The van der Waals surface area contributed by atoms with Gasteiger partial charge in [0.2, 0.25) is 11.7 Å². The van der Waals surface area contributed by atoms with E-state index >= 15 is 0 Å².